The fourth-order valence-corrected chi connectivity index (χ4v) is 3.72. The highest BCUT2D eigenvalue weighted by Crippen LogP contribution is 2.25. The summed E-state index contributed by atoms with van der Waals surface area (Å²) in [5, 5.41) is 3.20. The van der Waals surface area contributed by atoms with Crippen LogP contribution >= 0.6 is 0 Å². The lowest BCUT2D eigenvalue weighted by atomic mass is 10.1. The van der Waals surface area contributed by atoms with E-state index in [1.807, 2.05) is 6.08 Å². The molecule has 0 amide bonds. The minimum Gasteiger partial charge on any atom is -0.310 e. The Morgan fingerprint density at radius 3 is 2.73 bits per heavy atom. The van der Waals surface area contributed by atoms with Crippen molar-refractivity contribution in [1.82, 2.24) is 5.32 Å². The fourth-order valence-electron chi connectivity index (χ4n) is 2.31. The molecule has 1 aliphatic rings. The Bertz CT molecular complexity index is 311. The highest BCUT2D eigenvalue weighted by atomic mass is 32.2. The van der Waals surface area contributed by atoms with E-state index in [9.17, 15) is 8.42 Å². The normalized spacial score (nSPS) is 28.9. The van der Waals surface area contributed by atoms with Gasteiger partial charge in [0.2, 0.25) is 0 Å². The lowest BCUT2D eigenvalue weighted by Gasteiger charge is -2.23. The summed E-state index contributed by atoms with van der Waals surface area (Å²) in [6, 6.07) is 0.449. The molecular weight excluding hydrogens is 210 g/mol. The van der Waals surface area contributed by atoms with Crippen LogP contribution in [0.1, 0.15) is 32.6 Å². The molecule has 0 bridgehead atoms. The maximum absolute atomic E-state index is 11.5. The smallest absolute Gasteiger partial charge is 0.151 e. The SMILES string of the molecule is C=CCC(C)NC1CCCC1S(C)(=O)=O. The van der Waals surface area contributed by atoms with E-state index in [1.165, 1.54) is 6.26 Å². The Balaban J connectivity index is 2.58. The molecule has 1 aliphatic carbocycles. The van der Waals surface area contributed by atoms with Gasteiger partial charge in [-0.1, -0.05) is 12.5 Å². The second-order valence-electron chi connectivity index (χ2n) is 4.50. The van der Waals surface area contributed by atoms with Gasteiger partial charge in [0.15, 0.2) is 9.84 Å². The maximum atomic E-state index is 11.5. The molecule has 88 valence electrons. The molecule has 4 heteroatoms. The first-order valence-corrected chi connectivity index (χ1v) is 7.46. The van der Waals surface area contributed by atoms with E-state index in [4.69, 9.17) is 0 Å². The van der Waals surface area contributed by atoms with Gasteiger partial charge in [-0.05, 0) is 26.2 Å². The minimum absolute atomic E-state index is 0.134. The third-order valence-electron chi connectivity index (χ3n) is 3.02. The molecule has 0 aromatic heterocycles. The molecule has 1 N–H and O–H groups in total. The van der Waals surface area contributed by atoms with Crippen LogP contribution in [-0.4, -0.2) is 32.0 Å². The van der Waals surface area contributed by atoms with Crippen molar-refractivity contribution in [2.24, 2.45) is 0 Å². The van der Waals surface area contributed by atoms with Crippen LogP contribution in [0.4, 0.5) is 0 Å². The molecule has 0 heterocycles. The molecule has 1 fully saturated rings. The van der Waals surface area contributed by atoms with E-state index in [2.05, 4.69) is 18.8 Å². The van der Waals surface area contributed by atoms with Crippen LogP contribution in [0, 0.1) is 0 Å². The molecule has 3 unspecified atom stereocenters. The van der Waals surface area contributed by atoms with Gasteiger partial charge in [-0.2, -0.15) is 0 Å². The van der Waals surface area contributed by atoms with Gasteiger partial charge >= 0.3 is 0 Å². The molecule has 1 rings (SSSR count). The van der Waals surface area contributed by atoms with Crippen molar-refractivity contribution in [2.75, 3.05) is 6.26 Å². The van der Waals surface area contributed by atoms with Gasteiger partial charge in [0.1, 0.15) is 0 Å². The van der Waals surface area contributed by atoms with Crippen LogP contribution < -0.4 is 5.32 Å². The highest BCUT2D eigenvalue weighted by Gasteiger charge is 2.34. The van der Waals surface area contributed by atoms with E-state index in [0.717, 1.165) is 25.7 Å². The van der Waals surface area contributed by atoms with Gasteiger partial charge in [0, 0.05) is 18.3 Å². The van der Waals surface area contributed by atoms with Crippen LogP contribution in [0.2, 0.25) is 0 Å². The zero-order chi connectivity index (χ0) is 11.5. The van der Waals surface area contributed by atoms with Gasteiger partial charge in [0.25, 0.3) is 0 Å². The quantitative estimate of drug-likeness (QED) is 0.730. The van der Waals surface area contributed by atoms with E-state index in [1.54, 1.807) is 0 Å². The number of rotatable bonds is 5. The second-order valence-corrected chi connectivity index (χ2v) is 6.76. The largest absolute Gasteiger partial charge is 0.310 e. The molecular formula is C11H21NO2S. The van der Waals surface area contributed by atoms with E-state index < -0.39 is 9.84 Å². The van der Waals surface area contributed by atoms with Gasteiger partial charge in [-0.3, -0.25) is 0 Å². The molecule has 15 heavy (non-hydrogen) atoms. The number of sulfone groups is 1. The van der Waals surface area contributed by atoms with E-state index >= 15 is 0 Å². The van der Waals surface area contributed by atoms with E-state index in [-0.39, 0.29) is 11.3 Å². The molecule has 1 saturated carbocycles. The Morgan fingerprint density at radius 1 is 1.53 bits per heavy atom. The minimum atomic E-state index is -2.90. The zero-order valence-corrected chi connectivity index (χ0v) is 10.4. The van der Waals surface area contributed by atoms with Crippen LogP contribution in [0.5, 0.6) is 0 Å². The summed E-state index contributed by atoms with van der Waals surface area (Å²) in [5.41, 5.74) is 0. The Kier molecular flexibility index (Phi) is 4.34. The molecule has 0 spiro atoms. The van der Waals surface area contributed by atoms with E-state index in [0.29, 0.717) is 6.04 Å². The molecule has 3 nitrogen and oxygen atoms in total. The molecule has 0 saturated heterocycles. The average Bonchev–Trinajstić information content (AvgIpc) is 2.51. The van der Waals surface area contributed by atoms with Crippen molar-refractivity contribution in [3.8, 4) is 0 Å². The molecule has 0 aromatic carbocycles. The molecule has 3 atom stereocenters. The predicted octanol–water partition coefficient (Wildman–Crippen LogP) is 1.51. The predicted molar refractivity (Wildman–Crippen MR) is 63.7 cm³/mol. The van der Waals surface area contributed by atoms with Crippen molar-refractivity contribution < 1.29 is 8.42 Å². The van der Waals surface area contributed by atoms with Crippen molar-refractivity contribution >= 4 is 9.84 Å². The Hall–Kier alpha value is -0.350. The monoisotopic (exact) mass is 231 g/mol. The first kappa shape index (κ1) is 12.7. The fraction of sp³-hybridized carbons (Fsp3) is 0.818. The number of nitrogens with one attached hydrogen (secondary N) is 1. The zero-order valence-electron chi connectivity index (χ0n) is 9.57. The summed E-state index contributed by atoms with van der Waals surface area (Å²) < 4.78 is 23.0. The van der Waals surface area contributed by atoms with Crippen LogP contribution in [0.15, 0.2) is 12.7 Å². The number of hydrogen-bond donors (Lipinski definition) is 1. The van der Waals surface area contributed by atoms with Crippen LogP contribution in [0.3, 0.4) is 0 Å². The first-order valence-electron chi connectivity index (χ1n) is 5.51. The van der Waals surface area contributed by atoms with Crippen molar-refractivity contribution in [1.29, 1.82) is 0 Å². The standard InChI is InChI=1S/C11H21NO2S/c1-4-6-9(2)12-10-7-5-8-11(10)15(3,13)14/h4,9-12H,1,5-8H2,2-3H3. The summed E-state index contributed by atoms with van der Waals surface area (Å²) in [6.45, 7) is 5.75. The summed E-state index contributed by atoms with van der Waals surface area (Å²) in [7, 11) is -2.90. The maximum Gasteiger partial charge on any atom is 0.151 e. The molecule has 0 radical (unpaired) electrons. The summed E-state index contributed by atoms with van der Waals surface area (Å²) in [6.07, 6.45) is 6.87. The second kappa shape index (κ2) is 5.12. The third-order valence-corrected chi connectivity index (χ3v) is 4.69. The summed E-state index contributed by atoms with van der Waals surface area (Å²) >= 11 is 0. The average molecular weight is 231 g/mol. The molecule has 0 aliphatic heterocycles. The third kappa shape index (κ3) is 3.61. The topological polar surface area (TPSA) is 46.2 Å². The Labute approximate surface area is 92.9 Å². The van der Waals surface area contributed by atoms with Gasteiger partial charge in [-0.25, -0.2) is 8.42 Å². The molecule has 0 aromatic rings. The number of hydrogen-bond acceptors (Lipinski definition) is 3. The van der Waals surface area contributed by atoms with Crippen LogP contribution in [-0.2, 0) is 9.84 Å². The highest BCUT2D eigenvalue weighted by molar-refractivity contribution is 7.91. The lowest BCUT2D eigenvalue weighted by Crippen LogP contribution is -2.44. The van der Waals surface area contributed by atoms with Gasteiger partial charge < -0.3 is 5.32 Å². The van der Waals surface area contributed by atoms with Gasteiger partial charge in [-0.15, -0.1) is 6.58 Å². The van der Waals surface area contributed by atoms with Crippen molar-refractivity contribution in [3.63, 3.8) is 0 Å². The summed E-state index contributed by atoms with van der Waals surface area (Å²) in [5.74, 6) is 0. The summed E-state index contributed by atoms with van der Waals surface area (Å²) in [4.78, 5) is 0. The van der Waals surface area contributed by atoms with Crippen molar-refractivity contribution in [2.45, 2.75) is 49.9 Å². The Morgan fingerprint density at radius 2 is 2.20 bits per heavy atom. The van der Waals surface area contributed by atoms with Crippen molar-refractivity contribution in [3.05, 3.63) is 12.7 Å². The lowest BCUT2D eigenvalue weighted by molar-refractivity contribution is 0.448. The first-order chi connectivity index (χ1) is 6.95. The van der Waals surface area contributed by atoms with Crippen LogP contribution in [0.25, 0.3) is 0 Å². The van der Waals surface area contributed by atoms with Gasteiger partial charge in [0.05, 0.1) is 5.25 Å².